The van der Waals surface area contributed by atoms with Crippen LogP contribution in [0.3, 0.4) is 0 Å². The Bertz CT molecular complexity index is 392. The standard InChI is InChI=1S/C17H28N2O/c1-15(2)18-11-6-3-7-12-19-13-8-14-20-17-10-5-4-9-16(17)19/h4-5,9-10,15,18H,3,6-8,11-14H2,1-2H3. The maximum atomic E-state index is 5.80. The molecule has 112 valence electrons. The smallest absolute Gasteiger partial charge is 0.142 e. The van der Waals surface area contributed by atoms with E-state index >= 15 is 0 Å². The summed E-state index contributed by atoms with van der Waals surface area (Å²) in [5, 5.41) is 3.48. The summed E-state index contributed by atoms with van der Waals surface area (Å²) in [6.45, 7) is 8.63. The molecular weight excluding hydrogens is 248 g/mol. The van der Waals surface area contributed by atoms with Crippen molar-refractivity contribution in [3.8, 4) is 5.75 Å². The average Bonchev–Trinajstić information content (AvgIpc) is 2.65. The third kappa shape index (κ3) is 4.71. The fourth-order valence-corrected chi connectivity index (χ4v) is 2.63. The van der Waals surface area contributed by atoms with E-state index in [0.717, 1.165) is 38.4 Å². The van der Waals surface area contributed by atoms with Gasteiger partial charge in [0.05, 0.1) is 12.3 Å². The highest BCUT2D eigenvalue weighted by Crippen LogP contribution is 2.30. The van der Waals surface area contributed by atoms with E-state index in [1.807, 2.05) is 0 Å². The van der Waals surface area contributed by atoms with Crippen molar-refractivity contribution in [2.75, 3.05) is 31.1 Å². The summed E-state index contributed by atoms with van der Waals surface area (Å²) in [6.07, 6.45) is 4.93. The van der Waals surface area contributed by atoms with E-state index in [-0.39, 0.29) is 0 Å². The Labute approximate surface area is 123 Å². The van der Waals surface area contributed by atoms with E-state index in [4.69, 9.17) is 4.74 Å². The van der Waals surface area contributed by atoms with Gasteiger partial charge in [-0.25, -0.2) is 0 Å². The van der Waals surface area contributed by atoms with Crippen molar-refractivity contribution in [3.63, 3.8) is 0 Å². The van der Waals surface area contributed by atoms with E-state index < -0.39 is 0 Å². The van der Waals surface area contributed by atoms with Gasteiger partial charge in [0, 0.05) is 19.1 Å². The molecule has 0 spiro atoms. The molecule has 1 aliphatic heterocycles. The Morgan fingerprint density at radius 1 is 1.20 bits per heavy atom. The Balaban J connectivity index is 1.75. The van der Waals surface area contributed by atoms with Crippen LogP contribution in [0.2, 0.25) is 0 Å². The first-order valence-corrected chi connectivity index (χ1v) is 7.97. The minimum absolute atomic E-state index is 0.602. The molecule has 2 rings (SSSR count). The van der Waals surface area contributed by atoms with Crippen molar-refractivity contribution < 1.29 is 4.74 Å². The number of nitrogens with one attached hydrogen (secondary N) is 1. The summed E-state index contributed by atoms with van der Waals surface area (Å²) in [6, 6.07) is 9.03. The largest absolute Gasteiger partial charge is 0.491 e. The summed E-state index contributed by atoms with van der Waals surface area (Å²) >= 11 is 0. The van der Waals surface area contributed by atoms with Gasteiger partial charge in [-0.1, -0.05) is 32.4 Å². The first-order chi connectivity index (χ1) is 9.77. The molecule has 3 heteroatoms. The van der Waals surface area contributed by atoms with Gasteiger partial charge in [0.1, 0.15) is 5.75 Å². The predicted molar refractivity (Wildman–Crippen MR) is 85.8 cm³/mol. The monoisotopic (exact) mass is 276 g/mol. The second kappa shape index (κ2) is 8.15. The van der Waals surface area contributed by atoms with Gasteiger partial charge in [0.25, 0.3) is 0 Å². The molecule has 0 unspecified atom stereocenters. The maximum absolute atomic E-state index is 5.80. The molecule has 0 atom stereocenters. The number of hydrogen-bond acceptors (Lipinski definition) is 3. The number of nitrogens with zero attached hydrogens (tertiary/aromatic N) is 1. The van der Waals surface area contributed by atoms with E-state index in [1.165, 1.54) is 24.9 Å². The molecule has 1 heterocycles. The molecule has 0 aliphatic carbocycles. The van der Waals surface area contributed by atoms with Gasteiger partial charge in [0.2, 0.25) is 0 Å². The van der Waals surface area contributed by atoms with Crippen LogP contribution in [-0.4, -0.2) is 32.3 Å². The molecule has 20 heavy (non-hydrogen) atoms. The van der Waals surface area contributed by atoms with Gasteiger partial charge >= 0.3 is 0 Å². The van der Waals surface area contributed by atoms with Crippen LogP contribution in [0.5, 0.6) is 5.75 Å². The van der Waals surface area contributed by atoms with Crippen molar-refractivity contribution in [2.45, 2.75) is 45.6 Å². The summed E-state index contributed by atoms with van der Waals surface area (Å²) < 4.78 is 5.80. The topological polar surface area (TPSA) is 24.5 Å². The Kier molecular flexibility index (Phi) is 6.19. The minimum Gasteiger partial charge on any atom is -0.491 e. The zero-order valence-electron chi connectivity index (χ0n) is 12.9. The minimum atomic E-state index is 0.602. The van der Waals surface area contributed by atoms with Crippen LogP contribution in [0.1, 0.15) is 39.5 Å². The summed E-state index contributed by atoms with van der Waals surface area (Å²) in [5.74, 6) is 1.05. The number of unbranched alkanes of at least 4 members (excludes halogenated alkanes) is 2. The van der Waals surface area contributed by atoms with Gasteiger partial charge in [0.15, 0.2) is 0 Å². The molecule has 0 radical (unpaired) electrons. The zero-order chi connectivity index (χ0) is 14.2. The molecule has 0 saturated heterocycles. The molecule has 1 aromatic rings. The van der Waals surface area contributed by atoms with Gasteiger partial charge < -0.3 is 15.0 Å². The number of benzene rings is 1. The van der Waals surface area contributed by atoms with Crippen LogP contribution >= 0.6 is 0 Å². The molecule has 0 aromatic heterocycles. The van der Waals surface area contributed by atoms with Crippen LogP contribution in [0.4, 0.5) is 5.69 Å². The lowest BCUT2D eigenvalue weighted by molar-refractivity contribution is 0.322. The van der Waals surface area contributed by atoms with E-state index in [2.05, 4.69) is 48.3 Å². The van der Waals surface area contributed by atoms with Crippen molar-refractivity contribution >= 4 is 5.69 Å². The molecule has 1 aromatic carbocycles. The molecule has 1 aliphatic rings. The summed E-state index contributed by atoms with van der Waals surface area (Å²) in [5.41, 5.74) is 1.27. The van der Waals surface area contributed by atoms with Crippen molar-refractivity contribution in [1.82, 2.24) is 5.32 Å². The van der Waals surface area contributed by atoms with Crippen LogP contribution in [0, 0.1) is 0 Å². The Hall–Kier alpha value is -1.22. The summed E-state index contributed by atoms with van der Waals surface area (Å²) in [4.78, 5) is 2.48. The molecule has 3 nitrogen and oxygen atoms in total. The summed E-state index contributed by atoms with van der Waals surface area (Å²) in [7, 11) is 0. The van der Waals surface area contributed by atoms with E-state index in [9.17, 15) is 0 Å². The normalized spacial score (nSPS) is 14.8. The highest BCUT2D eigenvalue weighted by Gasteiger charge is 2.14. The molecule has 0 bridgehead atoms. The quantitative estimate of drug-likeness (QED) is 0.772. The van der Waals surface area contributed by atoms with Crippen molar-refractivity contribution in [2.24, 2.45) is 0 Å². The lowest BCUT2D eigenvalue weighted by Gasteiger charge is -2.23. The second-order valence-corrected chi connectivity index (χ2v) is 5.83. The van der Waals surface area contributed by atoms with Crippen molar-refractivity contribution in [1.29, 1.82) is 0 Å². The fourth-order valence-electron chi connectivity index (χ4n) is 2.63. The van der Waals surface area contributed by atoms with Gasteiger partial charge in [-0.3, -0.25) is 0 Å². The van der Waals surface area contributed by atoms with Crippen LogP contribution < -0.4 is 15.0 Å². The number of ether oxygens (including phenoxy) is 1. The number of anilines is 1. The lowest BCUT2D eigenvalue weighted by atomic mass is 10.2. The van der Waals surface area contributed by atoms with Crippen LogP contribution in [-0.2, 0) is 0 Å². The zero-order valence-corrected chi connectivity index (χ0v) is 12.9. The number of hydrogen-bond donors (Lipinski definition) is 1. The van der Waals surface area contributed by atoms with Gasteiger partial charge in [-0.15, -0.1) is 0 Å². The van der Waals surface area contributed by atoms with Gasteiger partial charge in [-0.05, 0) is 37.9 Å². The number of para-hydroxylation sites is 2. The fraction of sp³-hybridized carbons (Fsp3) is 0.647. The molecule has 1 N–H and O–H groups in total. The lowest BCUT2D eigenvalue weighted by Crippen LogP contribution is -2.26. The SMILES string of the molecule is CC(C)NCCCCCN1CCCOc2ccccc21. The van der Waals surface area contributed by atoms with E-state index in [1.54, 1.807) is 0 Å². The molecule has 0 saturated carbocycles. The highest BCUT2D eigenvalue weighted by atomic mass is 16.5. The van der Waals surface area contributed by atoms with Crippen LogP contribution in [0.15, 0.2) is 24.3 Å². The second-order valence-electron chi connectivity index (χ2n) is 5.83. The molecular formula is C17H28N2O. The Morgan fingerprint density at radius 3 is 2.90 bits per heavy atom. The maximum Gasteiger partial charge on any atom is 0.142 e. The van der Waals surface area contributed by atoms with Gasteiger partial charge in [-0.2, -0.15) is 0 Å². The first-order valence-electron chi connectivity index (χ1n) is 7.97. The van der Waals surface area contributed by atoms with Crippen molar-refractivity contribution in [3.05, 3.63) is 24.3 Å². The average molecular weight is 276 g/mol. The van der Waals surface area contributed by atoms with Crippen LogP contribution in [0.25, 0.3) is 0 Å². The predicted octanol–water partition coefficient (Wildman–Crippen LogP) is 3.44. The first kappa shape index (κ1) is 15.2. The third-order valence-electron chi connectivity index (χ3n) is 3.69. The third-order valence-corrected chi connectivity index (χ3v) is 3.69. The Morgan fingerprint density at radius 2 is 2.05 bits per heavy atom. The van der Waals surface area contributed by atoms with E-state index in [0.29, 0.717) is 6.04 Å². The highest BCUT2D eigenvalue weighted by molar-refractivity contribution is 5.58. The molecule has 0 fully saturated rings. The number of fused-ring (bicyclic) bond motifs is 1. The molecule has 0 amide bonds. The number of rotatable bonds is 7.